The molecule has 0 spiro atoms. The molecular formula is C13H13N3O3. The summed E-state index contributed by atoms with van der Waals surface area (Å²) in [5.74, 6) is -0.528. The molecule has 0 radical (unpaired) electrons. The first-order valence-electron chi connectivity index (χ1n) is 5.64. The molecule has 0 saturated heterocycles. The van der Waals surface area contributed by atoms with Crippen molar-refractivity contribution in [3.63, 3.8) is 0 Å². The average Bonchev–Trinajstić information content (AvgIpc) is 2.31. The molecule has 1 aliphatic heterocycles. The second-order valence-electron chi connectivity index (χ2n) is 4.10. The van der Waals surface area contributed by atoms with Crippen LogP contribution < -0.4 is 10.7 Å². The van der Waals surface area contributed by atoms with Gasteiger partial charge in [0.25, 0.3) is 0 Å². The topological polar surface area (TPSA) is 83.7 Å². The first kappa shape index (κ1) is 12.8. The molecule has 6 heteroatoms. The molecule has 0 fully saturated rings. The Bertz CT molecular complexity index is 688. The van der Waals surface area contributed by atoms with Gasteiger partial charge in [0.2, 0.25) is 11.8 Å². The monoisotopic (exact) mass is 259 g/mol. The molecule has 0 saturated carbocycles. The third-order valence-corrected chi connectivity index (χ3v) is 2.51. The number of nitrogens with zero attached hydrogens (tertiary/aromatic N) is 2. The van der Waals surface area contributed by atoms with Gasteiger partial charge in [0.1, 0.15) is 0 Å². The molecule has 1 aliphatic carbocycles. The van der Waals surface area contributed by atoms with E-state index in [1.807, 2.05) is 0 Å². The number of benzene rings is 1. The zero-order chi connectivity index (χ0) is 14.0. The summed E-state index contributed by atoms with van der Waals surface area (Å²) in [7, 11) is 0. The minimum Gasteiger partial charge on any atom is -0.429 e. The Morgan fingerprint density at radius 3 is 2.58 bits per heavy atom. The molecule has 1 heterocycles. The van der Waals surface area contributed by atoms with Gasteiger partial charge in [0.05, 0.1) is 11.6 Å². The lowest BCUT2D eigenvalue weighted by atomic mass is 10.0. The molecule has 2 amide bonds. The van der Waals surface area contributed by atoms with Gasteiger partial charge in [-0.3, -0.25) is 9.59 Å². The van der Waals surface area contributed by atoms with E-state index in [1.165, 1.54) is 26.2 Å². The fourth-order valence-electron chi connectivity index (χ4n) is 1.83. The number of aromatic nitrogens is 1. The predicted molar refractivity (Wildman–Crippen MR) is 68.8 cm³/mol. The summed E-state index contributed by atoms with van der Waals surface area (Å²) in [6, 6.07) is 4.93. The molecular weight excluding hydrogens is 246 g/mol. The van der Waals surface area contributed by atoms with Crippen molar-refractivity contribution in [3.8, 4) is 11.1 Å². The van der Waals surface area contributed by atoms with Gasteiger partial charge >= 0.3 is 0 Å². The van der Waals surface area contributed by atoms with E-state index in [-0.39, 0.29) is 11.8 Å². The number of fused-ring (bicyclic) bond motifs is 1. The molecule has 0 aromatic carbocycles. The van der Waals surface area contributed by atoms with Crippen LogP contribution in [0.4, 0.5) is 5.69 Å². The first-order valence-corrected chi connectivity index (χ1v) is 5.64. The molecule has 0 aromatic heterocycles. The average molecular weight is 259 g/mol. The molecule has 2 N–H and O–H groups in total. The molecule has 6 nitrogen and oxygen atoms in total. The summed E-state index contributed by atoms with van der Waals surface area (Å²) in [6.07, 6.45) is 2.87. The highest BCUT2D eigenvalue weighted by Gasteiger charge is 2.11. The lowest BCUT2D eigenvalue weighted by Gasteiger charge is -2.13. The highest BCUT2D eigenvalue weighted by atomic mass is 16.5. The highest BCUT2D eigenvalue weighted by Crippen LogP contribution is 2.26. The quantitative estimate of drug-likeness (QED) is 0.756. The summed E-state index contributed by atoms with van der Waals surface area (Å²) in [5.41, 5.74) is 1.88. The number of amides is 2. The van der Waals surface area contributed by atoms with Crippen LogP contribution in [-0.4, -0.2) is 21.8 Å². The van der Waals surface area contributed by atoms with Crippen molar-refractivity contribution in [2.45, 2.75) is 13.8 Å². The smallest absolute Gasteiger partial charge is 0.243 e. The van der Waals surface area contributed by atoms with E-state index in [4.69, 9.17) is 0 Å². The second-order valence-corrected chi connectivity index (χ2v) is 4.10. The van der Waals surface area contributed by atoms with Gasteiger partial charge in [-0.15, -0.1) is 0 Å². The zero-order valence-electron chi connectivity index (χ0n) is 10.5. The zero-order valence-corrected chi connectivity index (χ0v) is 10.5. The van der Waals surface area contributed by atoms with Gasteiger partial charge in [0.15, 0.2) is 0 Å². The van der Waals surface area contributed by atoms with Crippen molar-refractivity contribution < 1.29 is 14.8 Å². The number of nitrogens with one attached hydrogen (secondary N) is 1. The number of hydrogen-bond acceptors (Lipinski definition) is 3. The first-order chi connectivity index (χ1) is 8.97. The normalized spacial score (nSPS) is 11.6. The Morgan fingerprint density at radius 1 is 1.21 bits per heavy atom. The molecule has 2 aliphatic rings. The van der Waals surface area contributed by atoms with Gasteiger partial charge in [-0.05, 0) is 18.2 Å². The molecule has 0 aromatic rings. The Hall–Kier alpha value is -2.63. The summed E-state index contributed by atoms with van der Waals surface area (Å²) in [6.45, 7) is 2.76. The van der Waals surface area contributed by atoms with Crippen molar-refractivity contribution in [2.75, 3.05) is 5.32 Å². The maximum atomic E-state index is 11.1. The third kappa shape index (κ3) is 2.79. The number of hydrogen-bond donors (Lipinski definition) is 2. The number of rotatable bonds is 1. The van der Waals surface area contributed by atoms with Crippen molar-refractivity contribution in [1.29, 1.82) is 0 Å². The SMILES string of the molecule is CC(=O)N=c1ccc(NC(C)=O)c2ccn(O)cc1-2. The standard InChI is InChI=1S/C13H13N3O3/c1-8(17)14-12-3-4-13(15-9(2)18)11-7-16(19)6-5-10(11)12/h3-7,19H,1-2H3,(H,14,17). The van der Waals surface area contributed by atoms with E-state index in [0.29, 0.717) is 22.2 Å². The summed E-state index contributed by atoms with van der Waals surface area (Å²) < 4.78 is 0.874. The van der Waals surface area contributed by atoms with Gasteiger partial charge in [-0.2, -0.15) is 0 Å². The predicted octanol–water partition coefficient (Wildman–Crippen LogP) is 1.24. The molecule has 0 atom stereocenters. The number of carbonyl (C=O) groups is 2. The Kier molecular flexibility index (Phi) is 3.33. The van der Waals surface area contributed by atoms with Crippen molar-refractivity contribution in [1.82, 2.24) is 4.73 Å². The summed E-state index contributed by atoms with van der Waals surface area (Å²) in [4.78, 5) is 26.1. The van der Waals surface area contributed by atoms with Crippen LogP contribution in [0.5, 0.6) is 0 Å². The lowest BCUT2D eigenvalue weighted by Crippen LogP contribution is -2.15. The van der Waals surface area contributed by atoms with Gasteiger partial charge in [-0.25, -0.2) is 9.72 Å². The van der Waals surface area contributed by atoms with E-state index in [1.54, 1.807) is 18.2 Å². The van der Waals surface area contributed by atoms with Crippen LogP contribution in [0.3, 0.4) is 0 Å². The van der Waals surface area contributed by atoms with Crippen LogP contribution >= 0.6 is 0 Å². The largest absolute Gasteiger partial charge is 0.429 e. The Morgan fingerprint density at radius 2 is 1.95 bits per heavy atom. The molecule has 19 heavy (non-hydrogen) atoms. The van der Waals surface area contributed by atoms with Crippen LogP contribution in [-0.2, 0) is 9.59 Å². The van der Waals surface area contributed by atoms with Crippen LogP contribution in [0.25, 0.3) is 11.1 Å². The molecule has 2 rings (SSSR count). The highest BCUT2D eigenvalue weighted by molar-refractivity contribution is 5.94. The van der Waals surface area contributed by atoms with Gasteiger partial charge in [-0.1, -0.05) is 0 Å². The second kappa shape index (κ2) is 4.93. The van der Waals surface area contributed by atoms with Crippen molar-refractivity contribution >= 4 is 17.5 Å². The van der Waals surface area contributed by atoms with Crippen LogP contribution in [0, 0.1) is 0 Å². The number of pyridine rings is 1. The Labute approximate surface area is 109 Å². The maximum absolute atomic E-state index is 11.1. The van der Waals surface area contributed by atoms with E-state index < -0.39 is 0 Å². The summed E-state index contributed by atoms with van der Waals surface area (Å²) >= 11 is 0. The molecule has 98 valence electrons. The van der Waals surface area contributed by atoms with Gasteiger partial charge < -0.3 is 10.5 Å². The van der Waals surface area contributed by atoms with Crippen molar-refractivity contribution in [2.24, 2.45) is 4.99 Å². The van der Waals surface area contributed by atoms with Crippen LogP contribution in [0.1, 0.15) is 13.8 Å². The number of anilines is 1. The van der Waals surface area contributed by atoms with Crippen molar-refractivity contribution in [3.05, 3.63) is 36.0 Å². The minimum absolute atomic E-state index is 0.196. The fraction of sp³-hybridized carbons (Fsp3) is 0.154. The molecule has 0 bridgehead atoms. The summed E-state index contributed by atoms with van der Waals surface area (Å²) in [5, 5.41) is 12.6. The van der Waals surface area contributed by atoms with E-state index in [9.17, 15) is 14.8 Å². The number of carbonyl (C=O) groups excluding carboxylic acids is 2. The third-order valence-electron chi connectivity index (χ3n) is 2.51. The van der Waals surface area contributed by atoms with E-state index in [0.717, 1.165) is 4.73 Å². The lowest BCUT2D eigenvalue weighted by molar-refractivity contribution is -0.116. The van der Waals surface area contributed by atoms with Gasteiger partial charge in [0, 0.05) is 36.9 Å². The van der Waals surface area contributed by atoms with E-state index >= 15 is 0 Å². The Balaban J connectivity index is 2.73. The minimum atomic E-state index is -0.332. The molecule has 0 unspecified atom stereocenters. The maximum Gasteiger partial charge on any atom is 0.243 e. The van der Waals surface area contributed by atoms with E-state index in [2.05, 4.69) is 10.3 Å². The fourth-order valence-corrected chi connectivity index (χ4v) is 1.83. The van der Waals surface area contributed by atoms with Crippen LogP contribution in [0.15, 0.2) is 35.6 Å². The van der Waals surface area contributed by atoms with Crippen LogP contribution in [0.2, 0.25) is 0 Å².